The molecule has 0 aliphatic rings. The Kier molecular flexibility index (Phi) is 7.21. The summed E-state index contributed by atoms with van der Waals surface area (Å²) in [4.78, 5) is 11.5. The molecule has 180 valence electrons. The molecular weight excluding hydrogens is 464 g/mol. The van der Waals surface area contributed by atoms with Gasteiger partial charge in [0.2, 0.25) is 0 Å². The number of rotatable bonds is 8. The van der Waals surface area contributed by atoms with Crippen LogP contribution in [0.2, 0.25) is 0 Å². The van der Waals surface area contributed by atoms with Crippen LogP contribution in [0.5, 0.6) is 5.75 Å². The highest BCUT2D eigenvalue weighted by Gasteiger charge is 2.12. The summed E-state index contributed by atoms with van der Waals surface area (Å²) >= 11 is 1.70. The quantitative estimate of drug-likeness (QED) is 0.245. The molecule has 1 atom stereocenters. The van der Waals surface area contributed by atoms with E-state index in [4.69, 9.17) is 9.72 Å². The Labute approximate surface area is 215 Å². The zero-order valence-corrected chi connectivity index (χ0v) is 21.2. The van der Waals surface area contributed by atoms with Crippen molar-refractivity contribution in [1.82, 2.24) is 9.97 Å². The van der Waals surface area contributed by atoms with Crippen molar-refractivity contribution >= 4 is 11.3 Å². The molecule has 5 rings (SSSR count). The van der Waals surface area contributed by atoms with E-state index < -0.39 is 6.10 Å². The van der Waals surface area contributed by atoms with Crippen LogP contribution in [0.25, 0.3) is 21.0 Å². The minimum absolute atomic E-state index is 0.495. The predicted molar refractivity (Wildman–Crippen MR) is 146 cm³/mol. The number of aliphatic hydroxyl groups is 1. The molecule has 4 nitrogen and oxygen atoms in total. The fourth-order valence-electron chi connectivity index (χ4n) is 4.11. The third-order valence-corrected chi connectivity index (χ3v) is 7.30. The Morgan fingerprint density at radius 2 is 1.69 bits per heavy atom. The minimum Gasteiger partial charge on any atom is -0.488 e. The summed E-state index contributed by atoms with van der Waals surface area (Å²) in [7, 11) is 0. The second-order valence-electron chi connectivity index (χ2n) is 8.83. The lowest BCUT2D eigenvalue weighted by atomic mass is 10.0. The normalized spacial score (nSPS) is 11.9. The summed E-state index contributed by atoms with van der Waals surface area (Å²) < 4.78 is 6.25. The van der Waals surface area contributed by atoms with Crippen LogP contribution >= 0.6 is 11.3 Å². The Morgan fingerprint density at radius 3 is 2.56 bits per heavy atom. The van der Waals surface area contributed by atoms with Crippen molar-refractivity contribution in [2.45, 2.75) is 33.0 Å². The van der Waals surface area contributed by atoms with Gasteiger partial charge in [0.1, 0.15) is 18.2 Å². The number of hydrogen-bond acceptors (Lipinski definition) is 5. The van der Waals surface area contributed by atoms with Crippen LogP contribution in [0.1, 0.15) is 41.1 Å². The number of aryl methyl sites for hydroxylation is 1. The number of hydrogen-bond donors (Lipinski definition) is 1. The lowest BCUT2D eigenvalue weighted by Crippen LogP contribution is -1.99. The molecule has 5 heteroatoms. The van der Waals surface area contributed by atoms with Crippen LogP contribution < -0.4 is 4.74 Å². The van der Waals surface area contributed by atoms with Crippen molar-refractivity contribution in [2.24, 2.45) is 0 Å². The molecule has 2 aromatic heterocycles. The zero-order valence-electron chi connectivity index (χ0n) is 20.4. The molecule has 5 aromatic rings. The van der Waals surface area contributed by atoms with Crippen molar-refractivity contribution in [1.29, 1.82) is 0 Å². The number of nitrogens with zero attached hydrogens (tertiary/aromatic N) is 2. The number of aromatic nitrogens is 2. The highest BCUT2D eigenvalue weighted by molar-refractivity contribution is 7.18. The highest BCUT2D eigenvalue weighted by Crippen LogP contribution is 2.38. The SMILES string of the molecule is Cc1ccccc1COc1ccccc1-c1ccc(-c2ccnc(Cc3cccc(C(C)O)c3)n2)s1. The first kappa shape index (κ1) is 23.9. The smallest absolute Gasteiger partial charge is 0.133 e. The Bertz CT molecular complexity index is 1470. The summed E-state index contributed by atoms with van der Waals surface area (Å²) in [6, 6.07) is 30.6. The highest BCUT2D eigenvalue weighted by atomic mass is 32.1. The van der Waals surface area contributed by atoms with Crippen LogP contribution in [0.15, 0.2) is 97.2 Å². The molecule has 2 heterocycles. The van der Waals surface area contributed by atoms with Gasteiger partial charge in [-0.05, 0) is 66.4 Å². The molecule has 0 aliphatic heterocycles. The summed E-state index contributed by atoms with van der Waals surface area (Å²) in [5.41, 5.74) is 6.37. The molecular formula is C31H28N2O2S. The van der Waals surface area contributed by atoms with E-state index in [0.717, 1.165) is 43.7 Å². The molecule has 0 spiro atoms. The van der Waals surface area contributed by atoms with E-state index >= 15 is 0 Å². The molecule has 0 saturated heterocycles. The molecule has 1 unspecified atom stereocenters. The van der Waals surface area contributed by atoms with Crippen LogP contribution in [0.3, 0.4) is 0 Å². The number of ether oxygens (including phenoxy) is 1. The van der Waals surface area contributed by atoms with Gasteiger partial charge in [0, 0.05) is 23.1 Å². The number of thiophene rings is 1. The predicted octanol–water partition coefficient (Wildman–Crippen LogP) is 7.40. The lowest BCUT2D eigenvalue weighted by Gasteiger charge is -2.12. The summed E-state index contributed by atoms with van der Waals surface area (Å²) in [6.07, 6.45) is 1.93. The lowest BCUT2D eigenvalue weighted by molar-refractivity contribution is 0.199. The van der Waals surface area contributed by atoms with Crippen LogP contribution in [0, 0.1) is 6.92 Å². The number of benzene rings is 3. The van der Waals surface area contributed by atoms with Gasteiger partial charge in [-0.15, -0.1) is 11.3 Å². The Morgan fingerprint density at radius 1 is 0.889 bits per heavy atom. The van der Waals surface area contributed by atoms with Gasteiger partial charge in [-0.1, -0.05) is 60.7 Å². The molecule has 0 saturated carbocycles. The summed E-state index contributed by atoms with van der Waals surface area (Å²) in [5.74, 6) is 1.63. The summed E-state index contributed by atoms with van der Waals surface area (Å²) in [6.45, 7) is 4.42. The van der Waals surface area contributed by atoms with E-state index in [2.05, 4.69) is 42.2 Å². The fourth-order valence-corrected chi connectivity index (χ4v) is 5.12. The molecule has 0 amide bonds. The first-order chi connectivity index (χ1) is 17.6. The van der Waals surface area contributed by atoms with Crippen molar-refractivity contribution in [3.63, 3.8) is 0 Å². The van der Waals surface area contributed by atoms with Gasteiger partial charge >= 0.3 is 0 Å². The fraction of sp³-hybridized carbons (Fsp3) is 0.161. The van der Waals surface area contributed by atoms with E-state index in [0.29, 0.717) is 13.0 Å². The molecule has 1 N–H and O–H groups in total. The monoisotopic (exact) mass is 492 g/mol. The number of para-hydroxylation sites is 1. The first-order valence-electron chi connectivity index (χ1n) is 12.0. The maximum atomic E-state index is 9.89. The third-order valence-electron chi connectivity index (χ3n) is 6.16. The standard InChI is InChI=1S/C31H28N2O2S/c1-21-8-3-4-10-25(21)20-35-28-13-6-5-12-26(28)29-14-15-30(36-29)27-16-17-32-31(33-27)19-23-9-7-11-24(18-23)22(2)34/h3-18,22,34H,19-20H2,1-2H3. The maximum absolute atomic E-state index is 9.89. The van der Waals surface area contributed by atoms with Gasteiger partial charge in [-0.2, -0.15) is 0 Å². The van der Waals surface area contributed by atoms with E-state index in [1.165, 1.54) is 11.1 Å². The average molecular weight is 493 g/mol. The van der Waals surface area contributed by atoms with Crippen LogP contribution in [-0.2, 0) is 13.0 Å². The first-order valence-corrected chi connectivity index (χ1v) is 12.8. The van der Waals surface area contributed by atoms with Gasteiger partial charge in [0.15, 0.2) is 0 Å². The Hall–Kier alpha value is -3.80. The van der Waals surface area contributed by atoms with Gasteiger partial charge in [-0.25, -0.2) is 9.97 Å². The van der Waals surface area contributed by atoms with E-state index in [-0.39, 0.29) is 0 Å². The molecule has 0 radical (unpaired) electrons. The van der Waals surface area contributed by atoms with Gasteiger partial charge in [-0.3, -0.25) is 0 Å². The second kappa shape index (κ2) is 10.9. The van der Waals surface area contributed by atoms with Crippen molar-refractivity contribution in [2.75, 3.05) is 0 Å². The largest absolute Gasteiger partial charge is 0.488 e. The molecule has 0 fully saturated rings. The minimum atomic E-state index is -0.495. The molecule has 36 heavy (non-hydrogen) atoms. The van der Waals surface area contributed by atoms with Crippen molar-refractivity contribution in [3.8, 4) is 26.8 Å². The van der Waals surface area contributed by atoms with Gasteiger partial charge in [0.25, 0.3) is 0 Å². The van der Waals surface area contributed by atoms with Crippen LogP contribution in [0.4, 0.5) is 0 Å². The van der Waals surface area contributed by atoms with Crippen LogP contribution in [-0.4, -0.2) is 15.1 Å². The zero-order chi connectivity index (χ0) is 24.9. The Balaban J connectivity index is 1.36. The van der Waals surface area contributed by atoms with Crippen molar-refractivity contribution < 1.29 is 9.84 Å². The molecule has 0 bridgehead atoms. The molecule has 0 aliphatic carbocycles. The third kappa shape index (κ3) is 5.54. The summed E-state index contributed by atoms with van der Waals surface area (Å²) in [5, 5.41) is 9.89. The van der Waals surface area contributed by atoms with E-state index in [9.17, 15) is 5.11 Å². The van der Waals surface area contributed by atoms with Gasteiger partial charge in [0.05, 0.1) is 16.7 Å². The maximum Gasteiger partial charge on any atom is 0.133 e. The number of aliphatic hydroxyl groups excluding tert-OH is 1. The average Bonchev–Trinajstić information content (AvgIpc) is 3.39. The second-order valence-corrected chi connectivity index (χ2v) is 9.91. The van der Waals surface area contributed by atoms with Gasteiger partial charge < -0.3 is 9.84 Å². The van der Waals surface area contributed by atoms with E-state index in [1.54, 1.807) is 18.3 Å². The van der Waals surface area contributed by atoms with Crippen molar-refractivity contribution in [3.05, 3.63) is 125 Å². The van der Waals surface area contributed by atoms with E-state index in [1.807, 2.05) is 66.9 Å². The topological polar surface area (TPSA) is 55.2 Å². The molecule has 3 aromatic carbocycles.